The van der Waals surface area contributed by atoms with Crippen molar-refractivity contribution in [3.63, 3.8) is 0 Å². The van der Waals surface area contributed by atoms with E-state index in [1.54, 1.807) is 0 Å². The molecule has 4 aromatic rings. The number of methoxy groups -OCH3 is 3. The normalized spacial score (nSPS) is 11.3. The molecule has 0 aliphatic carbocycles. The third-order valence-corrected chi connectivity index (χ3v) is 5.23. The van der Waals surface area contributed by atoms with Crippen molar-refractivity contribution in [3.05, 3.63) is 71.5 Å². The summed E-state index contributed by atoms with van der Waals surface area (Å²) in [4.78, 5) is 29.1. The molecule has 1 amide bonds. The van der Waals surface area contributed by atoms with Gasteiger partial charge in [0.2, 0.25) is 0 Å². The molecule has 2 aromatic heterocycles. The van der Waals surface area contributed by atoms with E-state index in [4.69, 9.17) is 9.47 Å². The van der Waals surface area contributed by atoms with Crippen LogP contribution in [0, 0.1) is 0 Å². The Morgan fingerprint density at radius 1 is 0.972 bits per heavy atom. The van der Waals surface area contributed by atoms with Crippen LogP contribution in [-0.2, 0) is 10.9 Å². The molecular formula is C24H19F3N4O5. The number of nitrogens with one attached hydrogen (secondary N) is 1. The minimum Gasteiger partial charge on any atom is -0.493 e. The summed E-state index contributed by atoms with van der Waals surface area (Å²) in [7, 11) is 4.04. The van der Waals surface area contributed by atoms with Crippen molar-refractivity contribution in [2.75, 3.05) is 26.6 Å². The van der Waals surface area contributed by atoms with Gasteiger partial charge in [-0.15, -0.1) is 0 Å². The molecule has 0 saturated carbocycles. The topological polar surface area (TPSA) is 104 Å². The molecule has 0 spiro atoms. The lowest BCUT2D eigenvalue weighted by atomic mass is 10.1. The number of hydrogen-bond donors (Lipinski definition) is 1. The van der Waals surface area contributed by atoms with Gasteiger partial charge in [0.1, 0.15) is 5.56 Å². The molecule has 0 unspecified atom stereocenters. The second-order valence-electron chi connectivity index (χ2n) is 7.41. The van der Waals surface area contributed by atoms with Crippen LogP contribution >= 0.6 is 0 Å². The molecule has 0 saturated heterocycles. The van der Waals surface area contributed by atoms with Gasteiger partial charge in [-0.05, 0) is 42.5 Å². The molecule has 9 nitrogen and oxygen atoms in total. The van der Waals surface area contributed by atoms with E-state index >= 15 is 0 Å². The number of carbonyl (C=O) groups excluding carboxylic acids is 2. The largest absolute Gasteiger partial charge is 0.493 e. The summed E-state index contributed by atoms with van der Waals surface area (Å²) in [5.74, 6) is -0.700. The van der Waals surface area contributed by atoms with Gasteiger partial charge in [0.25, 0.3) is 5.91 Å². The number of esters is 1. The summed E-state index contributed by atoms with van der Waals surface area (Å²) >= 11 is 0. The molecule has 4 rings (SSSR count). The van der Waals surface area contributed by atoms with Crippen LogP contribution in [0.1, 0.15) is 26.4 Å². The zero-order chi connectivity index (χ0) is 26.0. The van der Waals surface area contributed by atoms with E-state index in [0.29, 0.717) is 21.6 Å². The minimum atomic E-state index is -4.79. The number of carbonyl (C=O) groups is 2. The minimum absolute atomic E-state index is 0.0574. The highest BCUT2D eigenvalue weighted by atomic mass is 19.4. The summed E-state index contributed by atoms with van der Waals surface area (Å²) in [5, 5.41) is 6.31. The van der Waals surface area contributed by atoms with Crippen LogP contribution in [0.25, 0.3) is 16.9 Å². The van der Waals surface area contributed by atoms with Gasteiger partial charge in [-0.2, -0.15) is 18.3 Å². The van der Waals surface area contributed by atoms with E-state index < -0.39 is 23.7 Å². The second kappa shape index (κ2) is 9.56. The van der Waals surface area contributed by atoms with Crippen LogP contribution in [0.3, 0.4) is 0 Å². The maximum Gasteiger partial charge on any atom is 0.433 e. The number of halogens is 3. The fourth-order valence-corrected chi connectivity index (χ4v) is 3.51. The van der Waals surface area contributed by atoms with E-state index in [0.717, 1.165) is 12.3 Å². The Bertz CT molecular complexity index is 1470. The van der Waals surface area contributed by atoms with Gasteiger partial charge >= 0.3 is 12.1 Å². The Morgan fingerprint density at radius 2 is 1.72 bits per heavy atom. The lowest BCUT2D eigenvalue weighted by Gasteiger charge is -2.13. The van der Waals surface area contributed by atoms with Crippen LogP contribution in [0.15, 0.2) is 54.7 Å². The maximum atomic E-state index is 13.9. The average molecular weight is 500 g/mol. The fourth-order valence-electron chi connectivity index (χ4n) is 3.51. The maximum absolute atomic E-state index is 13.9. The zero-order valence-corrected chi connectivity index (χ0v) is 19.2. The fraction of sp³-hybridized carbons (Fsp3) is 0.167. The van der Waals surface area contributed by atoms with E-state index in [1.165, 1.54) is 63.8 Å². The molecule has 0 bridgehead atoms. The summed E-state index contributed by atoms with van der Waals surface area (Å²) in [6.07, 6.45) is -3.80. The molecular weight excluding hydrogens is 481 g/mol. The van der Waals surface area contributed by atoms with E-state index in [1.807, 2.05) is 0 Å². The summed E-state index contributed by atoms with van der Waals surface area (Å²) in [5.41, 5.74) is -0.971. The monoisotopic (exact) mass is 500 g/mol. The van der Waals surface area contributed by atoms with Crippen LogP contribution in [0.4, 0.5) is 18.9 Å². The molecule has 1 N–H and O–H groups in total. The van der Waals surface area contributed by atoms with Crippen molar-refractivity contribution >= 4 is 23.2 Å². The van der Waals surface area contributed by atoms with Crippen molar-refractivity contribution in [2.45, 2.75) is 6.18 Å². The Labute approximate surface area is 202 Å². The number of aromatic nitrogens is 3. The molecule has 12 heteroatoms. The predicted octanol–water partition coefficient (Wildman–Crippen LogP) is 4.47. The van der Waals surface area contributed by atoms with Crippen molar-refractivity contribution in [3.8, 4) is 22.8 Å². The highest BCUT2D eigenvalue weighted by Gasteiger charge is 2.36. The summed E-state index contributed by atoms with van der Waals surface area (Å²) < 4.78 is 57.4. The van der Waals surface area contributed by atoms with Crippen molar-refractivity contribution in [1.29, 1.82) is 0 Å². The number of hydrogen-bond acceptors (Lipinski definition) is 7. The lowest BCUT2D eigenvalue weighted by Crippen LogP contribution is -2.16. The van der Waals surface area contributed by atoms with Gasteiger partial charge in [0.05, 0.1) is 38.8 Å². The van der Waals surface area contributed by atoms with Crippen LogP contribution < -0.4 is 14.8 Å². The number of benzene rings is 2. The number of anilines is 1. The van der Waals surface area contributed by atoms with Gasteiger partial charge in [-0.3, -0.25) is 4.79 Å². The third kappa shape index (κ3) is 4.65. The van der Waals surface area contributed by atoms with Crippen LogP contribution in [0.2, 0.25) is 0 Å². The molecule has 2 heterocycles. The Kier molecular flexibility index (Phi) is 6.51. The zero-order valence-electron chi connectivity index (χ0n) is 19.2. The number of ether oxygens (including phenoxy) is 3. The van der Waals surface area contributed by atoms with Crippen LogP contribution in [-0.4, -0.2) is 47.8 Å². The Hall–Kier alpha value is -4.61. The Morgan fingerprint density at radius 3 is 2.39 bits per heavy atom. The molecule has 0 aliphatic rings. The van der Waals surface area contributed by atoms with Crippen molar-refractivity contribution in [2.24, 2.45) is 0 Å². The first-order chi connectivity index (χ1) is 17.2. The van der Waals surface area contributed by atoms with Gasteiger partial charge in [-0.25, -0.2) is 14.3 Å². The predicted molar refractivity (Wildman–Crippen MR) is 122 cm³/mol. The summed E-state index contributed by atoms with van der Waals surface area (Å²) in [6, 6.07) is 11.3. The number of rotatable bonds is 6. The highest BCUT2D eigenvalue weighted by Crippen LogP contribution is 2.36. The highest BCUT2D eigenvalue weighted by molar-refractivity contribution is 6.08. The number of amides is 1. The number of alkyl halides is 3. The smallest absolute Gasteiger partial charge is 0.433 e. The van der Waals surface area contributed by atoms with E-state index in [2.05, 4.69) is 20.1 Å². The van der Waals surface area contributed by atoms with Gasteiger partial charge in [0, 0.05) is 11.3 Å². The standard InChI is InChI=1S/C24H19F3N4O5/c1-34-18-8-7-13(10-19(18)35-2)17-11-20(24(25,26)27)31-21(30-17)16(12-28-31)22(32)29-15-6-4-5-14(9-15)23(33)36-3/h4-12H,1-3H3,(H,29,32). The van der Waals surface area contributed by atoms with Gasteiger partial charge in [-0.1, -0.05) is 6.07 Å². The molecule has 2 aromatic carbocycles. The average Bonchev–Trinajstić information content (AvgIpc) is 3.30. The molecule has 0 radical (unpaired) electrons. The first-order valence-corrected chi connectivity index (χ1v) is 10.3. The number of fused-ring (bicyclic) bond motifs is 1. The third-order valence-electron chi connectivity index (χ3n) is 5.23. The molecule has 0 fully saturated rings. The molecule has 0 atom stereocenters. The van der Waals surface area contributed by atoms with Gasteiger partial charge in [0.15, 0.2) is 22.8 Å². The first-order valence-electron chi connectivity index (χ1n) is 10.3. The summed E-state index contributed by atoms with van der Waals surface area (Å²) in [6.45, 7) is 0. The van der Waals surface area contributed by atoms with Gasteiger partial charge < -0.3 is 19.5 Å². The number of nitrogens with zero attached hydrogens (tertiary/aromatic N) is 3. The van der Waals surface area contributed by atoms with E-state index in [9.17, 15) is 22.8 Å². The second-order valence-corrected chi connectivity index (χ2v) is 7.41. The van der Waals surface area contributed by atoms with Crippen LogP contribution in [0.5, 0.6) is 11.5 Å². The van der Waals surface area contributed by atoms with E-state index in [-0.39, 0.29) is 28.2 Å². The quantitative estimate of drug-likeness (QED) is 0.390. The van der Waals surface area contributed by atoms with Crippen molar-refractivity contribution in [1.82, 2.24) is 14.6 Å². The lowest BCUT2D eigenvalue weighted by molar-refractivity contribution is -0.142. The first kappa shape index (κ1) is 24.5. The molecule has 36 heavy (non-hydrogen) atoms. The SMILES string of the molecule is COC(=O)c1cccc(NC(=O)c2cnn3c(C(F)(F)F)cc(-c4ccc(OC)c(OC)c4)nc23)c1. The molecule has 0 aliphatic heterocycles. The molecule has 186 valence electrons. The Balaban J connectivity index is 1.81. The van der Waals surface area contributed by atoms with Crippen molar-refractivity contribution < 1.29 is 37.0 Å².